The van der Waals surface area contributed by atoms with E-state index in [0.717, 1.165) is 74.7 Å². The monoisotopic (exact) mass is 987 g/mol. The first-order chi connectivity index (χ1) is 31.3. The van der Waals surface area contributed by atoms with Crippen molar-refractivity contribution in [1.82, 2.24) is 14.5 Å². The third-order valence-corrected chi connectivity index (χ3v) is 16.7. The predicted molar refractivity (Wildman–Crippen MR) is 256 cm³/mol. The zero-order valence-corrected chi connectivity index (χ0v) is 40.5. The van der Waals surface area contributed by atoms with Gasteiger partial charge in [-0.2, -0.15) is 13.2 Å². The summed E-state index contributed by atoms with van der Waals surface area (Å²) in [5, 5.41) is 3.72. The number of amides is 1. The lowest BCUT2D eigenvalue weighted by Gasteiger charge is -2.39. The number of carbonyl (C=O) groups is 1. The Bertz CT molecular complexity index is 2570. The molecule has 356 valence electrons. The fourth-order valence-electron chi connectivity index (χ4n) is 8.76. The highest BCUT2D eigenvalue weighted by atomic mass is 35.5. The summed E-state index contributed by atoms with van der Waals surface area (Å²) in [6.45, 7) is 13.0. The first-order valence-corrected chi connectivity index (χ1v) is 26.4. The minimum atomic E-state index is -6.06. The van der Waals surface area contributed by atoms with E-state index >= 15 is 0 Å². The van der Waals surface area contributed by atoms with Crippen LogP contribution in [0.4, 0.5) is 24.5 Å². The molecule has 3 aliphatic rings. The highest BCUT2D eigenvalue weighted by Crippen LogP contribution is 2.43. The van der Waals surface area contributed by atoms with E-state index in [9.17, 15) is 34.8 Å². The first-order valence-electron chi connectivity index (χ1n) is 22.1. The minimum absolute atomic E-state index is 0.00242. The second-order valence-corrected chi connectivity index (χ2v) is 23.1. The van der Waals surface area contributed by atoms with Gasteiger partial charge in [0.05, 0.1) is 23.3 Å². The molecule has 0 saturated carbocycles. The van der Waals surface area contributed by atoms with E-state index in [-0.39, 0.29) is 17.1 Å². The quantitative estimate of drug-likeness (QED) is 0.104. The molecular formula is C48H57ClF3N5O6S3. The molecule has 4 aromatic carbocycles. The van der Waals surface area contributed by atoms with Crippen molar-refractivity contribution in [2.75, 3.05) is 74.9 Å². The Labute approximate surface area is 396 Å². The average Bonchev–Trinajstić information content (AvgIpc) is 3.27. The number of hydrogen-bond donors (Lipinski definition) is 2. The van der Waals surface area contributed by atoms with E-state index in [1.807, 2.05) is 54.1 Å². The number of nitrogens with zero attached hydrogens (tertiary/aromatic N) is 3. The number of sulfone groups is 1. The molecule has 2 N–H and O–H groups in total. The molecule has 2 fully saturated rings. The van der Waals surface area contributed by atoms with E-state index in [4.69, 9.17) is 16.3 Å². The molecule has 2 saturated heterocycles. The molecule has 2 aliphatic heterocycles. The molecule has 66 heavy (non-hydrogen) atoms. The number of hydrogen-bond acceptors (Lipinski definition) is 11. The maximum atomic E-state index is 14.2. The van der Waals surface area contributed by atoms with Crippen LogP contribution in [0.5, 0.6) is 0 Å². The fraction of sp³-hybridized carbons (Fsp3) is 0.438. The number of morpholine rings is 1. The number of piperazine rings is 1. The molecular weight excluding hydrogens is 931 g/mol. The van der Waals surface area contributed by atoms with E-state index in [0.29, 0.717) is 49.5 Å². The van der Waals surface area contributed by atoms with Crippen LogP contribution in [0.25, 0.3) is 5.57 Å². The van der Waals surface area contributed by atoms with Crippen molar-refractivity contribution in [2.24, 2.45) is 5.41 Å². The Morgan fingerprint density at radius 2 is 1.61 bits per heavy atom. The van der Waals surface area contributed by atoms with Gasteiger partial charge in [-0.1, -0.05) is 61.4 Å². The maximum Gasteiger partial charge on any atom is 0.501 e. The third kappa shape index (κ3) is 12.7. The summed E-state index contributed by atoms with van der Waals surface area (Å²) in [5.74, 6) is -0.658. The number of halogens is 4. The Kier molecular flexibility index (Phi) is 15.9. The number of rotatable bonds is 16. The second-order valence-electron chi connectivity index (χ2n) is 18.0. The van der Waals surface area contributed by atoms with Crippen LogP contribution < -0.4 is 14.9 Å². The molecule has 2 heterocycles. The van der Waals surface area contributed by atoms with Crippen LogP contribution >= 0.6 is 23.4 Å². The molecule has 1 amide bonds. The topological polar surface area (TPSA) is 128 Å². The third-order valence-electron chi connectivity index (χ3n) is 12.4. The molecule has 0 bridgehead atoms. The van der Waals surface area contributed by atoms with Crippen molar-refractivity contribution in [3.63, 3.8) is 0 Å². The van der Waals surface area contributed by atoms with Crippen LogP contribution in [-0.4, -0.2) is 115 Å². The number of ether oxygens (including phenoxy) is 1. The Morgan fingerprint density at radius 1 is 0.909 bits per heavy atom. The summed E-state index contributed by atoms with van der Waals surface area (Å²) >= 11 is 7.64. The normalized spacial score (nSPS) is 19.4. The number of carbonyl (C=O) groups excluding carboxylic acids is 1. The average molecular weight is 989 g/mol. The van der Waals surface area contributed by atoms with Gasteiger partial charge in [0, 0.05) is 85.3 Å². The van der Waals surface area contributed by atoms with E-state index < -0.39 is 52.8 Å². The van der Waals surface area contributed by atoms with Gasteiger partial charge in [-0.05, 0) is 116 Å². The van der Waals surface area contributed by atoms with Crippen LogP contribution in [0.15, 0.2) is 117 Å². The summed E-state index contributed by atoms with van der Waals surface area (Å²) in [4.78, 5) is 19.0. The fourth-order valence-corrected chi connectivity index (χ4v) is 11.9. The van der Waals surface area contributed by atoms with Gasteiger partial charge in [0.1, 0.15) is 4.90 Å². The molecule has 1 aliphatic carbocycles. The number of benzene rings is 4. The lowest BCUT2D eigenvalue weighted by atomic mass is 9.73. The van der Waals surface area contributed by atoms with Crippen LogP contribution in [0.3, 0.4) is 0 Å². The molecule has 7 rings (SSSR count). The van der Waals surface area contributed by atoms with Crippen molar-refractivity contribution in [1.29, 1.82) is 0 Å². The predicted octanol–water partition coefficient (Wildman–Crippen LogP) is 9.22. The Hall–Kier alpha value is -4.10. The van der Waals surface area contributed by atoms with Crippen molar-refractivity contribution in [3.8, 4) is 0 Å². The van der Waals surface area contributed by atoms with Gasteiger partial charge < -0.3 is 15.0 Å². The number of allylic oxidation sites excluding steroid dienone is 1. The van der Waals surface area contributed by atoms with Gasteiger partial charge in [0.15, 0.2) is 0 Å². The molecule has 1 unspecified atom stereocenters. The molecule has 2 atom stereocenters. The first kappa shape index (κ1) is 49.8. The van der Waals surface area contributed by atoms with Crippen LogP contribution in [0, 0.1) is 5.41 Å². The van der Waals surface area contributed by atoms with Crippen molar-refractivity contribution in [2.45, 2.75) is 78.8 Å². The van der Waals surface area contributed by atoms with Crippen molar-refractivity contribution in [3.05, 3.63) is 119 Å². The Morgan fingerprint density at radius 3 is 2.27 bits per heavy atom. The number of anilines is 2. The summed E-state index contributed by atoms with van der Waals surface area (Å²) in [6, 6.07) is 25.8. The summed E-state index contributed by atoms with van der Waals surface area (Å²) in [6.07, 6.45) is 3.60. The van der Waals surface area contributed by atoms with Gasteiger partial charge in [-0.25, -0.2) is 21.6 Å². The smallest absolute Gasteiger partial charge is 0.380 e. The molecule has 0 radical (unpaired) electrons. The van der Waals surface area contributed by atoms with E-state index in [1.54, 1.807) is 12.1 Å². The lowest BCUT2D eigenvalue weighted by molar-refractivity contribution is -0.0435. The summed E-state index contributed by atoms with van der Waals surface area (Å²) < 4.78 is 104. The largest absolute Gasteiger partial charge is 0.501 e. The van der Waals surface area contributed by atoms with Crippen LogP contribution in [0.1, 0.15) is 62.4 Å². The number of alkyl halides is 3. The summed E-state index contributed by atoms with van der Waals surface area (Å²) in [7, 11) is -10.9. The number of sulfonamides is 1. The SMILES string of the molecule is CC1CN(CC[C@H](CSc2ccccc2)Nc2ccc(S(=O)(=O)NC(=O)c3ccc(N4CCN(CC5=C(c6ccc(Cl)cc6)CCC(C)(C)C5)CC4)cc3)cc2S(=O)(=O)C(F)(F)F)CCO1. The molecule has 0 aromatic heterocycles. The zero-order valence-electron chi connectivity index (χ0n) is 37.3. The molecule has 0 spiro atoms. The van der Waals surface area contributed by atoms with Crippen LogP contribution in [0.2, 0.25) is 5.02 Å². The number of nitrogens with one attached hydrogen (secondary N) is 2. The van der Waals surface area contributed by atoms with Gasteiger partial charge in [-0.15, -0.1) is 11.8 Å². The highest BCUT2D eigenvalue weighted by molar-refractivity contribution is 7.99. The van der Waals surface area contributed by atoms with Gasteiger partial charge in [0.2, 0.25) is 0 Å². The maximum absolute atomic E-state index is 14.2. The number of thioether (sulfide) groups is 1. The van der Waals surface area contributed by atoms with Gasteiger partial charge in [0.25, 0.3) is 25.8 Å². The van der Waals surface area contributed by atoms with Crippen molar-refractivity contribution >= 4 is 66.1 Å². The molecule has 11 nitrogen and oxygen atoms in total. The minimum Gasteiger partial charge on any atom is -0.380 e. The van der Waals surface area contributed by atoms with Gasteiger partial charge in [-0.3, -0.25) is 14.6 Å². The van der Waals surface area contributed by atoms with E-state index in [1.165, 1.54) is 40.6 Å². The van der Waals surface area contributed by atoms with Gasteiger partial charge >= 0.3 is 5.51 Å². The molecule has 18 heteroatoms. The second kappa shape index (κ2) is 21.0. The highest BCUT2D eigenvalue weighted by Gasteiger charge is 2.48. The molecule has 4 aromatic rings. The zero-order chi connectivity index (χ0) is 47.3. The summed E-state index contributed by atoms with van der Waals surface area (Å²) in [5.41, 5.74) is -1.02. The van der Waals surface area contributed by atoms with E-state index in [2.05, 4.69) is 46.0 Å². The standard InChI is InChI=1S/C48H57ClF3N5O6S3/c1-34-31-55(27-28-63-34)22-20-39(33-64-41-7-5-4-6-8-41)53-44-18-17-42(29-45(44)65(59,60)48(50,51)52)66(61,62)54-46(58)36-11-15-40(16-12-36)57-25-23-56(24-26-57)32-37-30-47(2,3)21-19-43(37)35-9-13-38(49)14-10-35/h4-18,29,34,39,53H,19-28,30-33H2,1-3H3,(H,54,58)/t34?,39-/m1/s1. The van der Waals surface area contributed by atoms with Crippen LogP contribution in [-0.2, 0) is 24.6 Å². The lowest BCUT2D eigenvalue weighted by Crippen LogP contribution is -2.47. The van der Waals surface area contributed by atoms with Crippen molar-refractivity contribution < 1.29 is 39.5 Å². The Balaban J connectivity index is 1.02.